The van der Waals surface area contributed by atoms with Crippen LogP contribution in [-0.4, -0.2) is 57.8 Å². The predicted molar refractivity (Wildman–Crippen MR) is 86.7 cm³/mol. The van der Waals surface area contributed by atoms with Crippen molar-refractivity contribution in [1.29, 1.82) is 0 Å². The maximum Gasteiger partial charge on any atom is 0.228 e. The molecule has 1 fully saturated rings. The van der Waals surface area contributed by atoms with E-state index in [0.717, 1.165) is 6.42 Å². The van der Waals surface area contributed by atoms with Gasteiger partial charge in [0.1, 0.15) is 28.9 Å². The standard InChI is InChI=1S/C14H14ClFN4O3S/c1-20-11-7-9(17-13(19-11)24(2)21)8(16)10(15)18-12(7)23-6-14(20)3-4-22-5-14/h3-6H2,1-2H3. The van der Waals surface area contributed by atoms with Gasteiger partial charge in [-0.15, -0.1) is 0 Å². The second-order valence-corrected chi connectivity index (χ2v) is 7.54. The second kappa shape index (κ2) is 5.47. The minimum absolute atomic E-state index is 0.0347. The van der Waals surface area contributed by atoms with E-state index in [0.29, 0.717) is 31.0 Å². The molecular formula is C14H14ClFN4O3S. The number of hydrogen-bond donors (Lipinski definition) is 0. The Hall–Kier alpha value is -1.58. The molecule has 24 heavy (non-hydrogen) atoms. The summed E-state index contributed by atoms with van der Waals surface area (Å²) >= 11 is 5.88. The predicted octanol–water partition coefficient (Wildman–Crippen LogP) is 1.54. The third-order valence-electron chi connectivity index (χ3n) is 4.52. The third-order valence-corrected chi connectivity index (χ3v) is 5.47. The molecule has 0 saturated carbocycles. The van der Waals surface area contributed by atoms with Crippen LogP contribution < -0.4 is 9.64 Å². The molecular weight excluding hydrogens is 359 g/mol. The van der Waals surface area contributed by atoms with E-state index >= 15 is 0 Å². The molecule has 2 aromatic heterocycles. The van der Waals surface area contributed by atoms with Gasteiger partial charge in [-0.3, -0.25) is 4.21 Å². The van der Waals surface area contributed by atoms with E-state index < -0.39 is 22.2 Å². The van der Waals surface area contributed by atoms with Crippen molar-refractivity contribution in [2.75, 3.05) is 38.0 Å². The molecule has 1 spiro atoms. The first-order chi connectivity index (χ1) is 11.4. The maximum absolute atomic E-state index is 14.5. The van der Waals surface area contributed by atoms with Gasteiger partial charge >= 0.3 is 0 Å². The van der Waals surface area contributed by atoms with Gasteiger partial charge in [-0.05, 0) is 6.42 Å². The fraction of sp³-hybridized carbons (Fsp3) is 0.500. The molecule has 2 atom stereocenters. The fourth-order valence-electron chi connectivity index (χ4n) is 3.05. The lowest BCUT2D eigenvalue weighted by atomic mass is 9.98. The molecule has 0 radical (unpaired) electrons. The Kier molecular flexibility index (Phi) is 3.63. The maximum atomic E-state index is 14.5. The summed E-state index contributed by atoms with van der Waals surface area (Å²) in [4.78, 5) is 14.4. The molecule has 2 aromatic rings. The normalized spacial score (nSPS) is 24.2. The number of nitrogens with zero attached hydrogens (tertiary/aromatic N) is 4. The number of anilines is 1. The Balaban J connectivity index is 2.07. The average Bonchev–Trinajstić information content (AvgIpc) is 3.01. The van der Waals surface area contributed by atoms with Crippen molar-refractivity contribution in [3.63, 3.8) is 0 Å². The summed E-state index contributed by atoms with van der Waals surface area (Å²) in [6.45, 7) is 1.34. The summed E-state index contributed by atoms with van der Waals surface area (Å²) in [5.74, 6) is -0.178. The highest BCUT2D eigenvalue weighted by Crippen LogP contribution is 2.41. The lowest BCUT2D eigenvalue weighted by molar-refractivity contribution is 0.149. The molecule has 2 aliphatic heterocycles. The van der Waals surface area contributed by atoms with Gasteiger partial charge in [-0.1, -0.05) is 11.6 Å². The van der Waals surface area contributed by atoms with E-state index in [4.69, 9.17) is 21.1 Å². The second-order valence-electron chi connectivity index (χ2n) is 5.90. The SMILES string of the molecule is CN1c2nc(S(C)=O)nc3c(F)c(Cl)nc(c23)OCC12CCOC2. The number of ether oxygens (including phenoxy) is 2. The van der Waals surface area contributed by atoms with Crippen LogP contribution in [0.2, 0.25) is 5.15 Å². The van der Waals surface area contributed by atoms with Crippen LogP contribution in [0.5, 0.6) is 5.88 Å². The van der Waals surface area contributed by atoms with Crippen molar-refractivity contribution in [2.24, 2.45) is 0 Å². The Bertz CT molecular complexity index is 875. The largest absolute Gasteiger partial charge is 0.474 e. The highest BCUT2D eigenvalue weighted by atomic mass is 35.5. The number of aromatic nitrogens is 3. The number of likely N-dealkylation sites (N-methyl/N-ethyl adjacent to an activating group) is 1. The molecule has 0 N–H and O–H groups in total. The van der Waals surface area contributed by atoms with E-state index in [-0.39, 0.29) is 21.7 Å². The van der Waals surface area contributed by atoms with Gasteiger partial charge in [0.25, 0.3) is 0 Å². The number of pyridine rings is 1. The van der Waals surface area contributed by atoms with Crippen molar-refractivity contribution >= 4 is 39.1 Å². The van der Waals surface area contributed by atoms with Gasteiger partial charge < -0.3 is 14.4 Å². The quantitative estimate of drug-likeness (QED) is 0.555. The summed E-state index contributed by atoms with van der Waals surface area (Å²) < 4.78 is 37.8. The first kappa shape index (κ1) is 15.9. The highest BCUT2D eigenvalue weighted by Gasteiger charge is 2.44. The van der Waals surface area contributed by atoms with E-state index in [1.807, 2.05) is 11.9 Å². The van der Waals surface area contributed by atoms with Crippen LogP contribution in [0.25, 0.3) is 10.9 Å². The van der Waals surface area contributed by atoms with Gasteiger partial charge in [-0.2, -0.15) is 4.98 Å². The molecule has 10 heteroatoms. The van der Waals surface area contributed by atoms with Crippen LogP contribution in [0.4, 0.5) is 10.2 Å². The van der Waals surface area contributed by atoms with Crippen LogP contribution in [-0.2, 0) is 15.5 Å². The van der Waals surface area contributed by atoms with Crippen molar-refractivity contribution in [1.82, 2.24) is 15.0 Å². The average molecular weight is 373 g/mol. The fourth-order valence-corrected chi connectivity index (χ4v) is 3.65. The molecule has 4 heterocycles. The third kappa shape index (κ3) is 2.18. The topological polar surface area (TPSA) is 77.4 Å². The van der Waals surface area contributed by atoms with Gasteiger partial charge in [0, 0.05) is 19.9 Å². The summed E-state index contributed by atoms with van der Waals surface area (Å²) in [5, 5.41) is 0.0288. The molecule has 2 unspecified atom stereocenters. The molecule has 4 rings (SSSR count). The zero-order chi connectivity index (χ0) is 17.1. The summed E-state index contributed by atoms with van der Waals surface area (Å²) in [6, 6.07) is 0. The van der Waals surface area contributed by atoms with Crippen molar-refractivity contribution in [3.8, 4) is 5.88 Å². The highest BCUT2D eigenvalue weighted by molar-refractivity contribution is 7.84. The van der Waals surface area contributed by atoms with E-state index in [1.54, 1.807) is 0 Å². The Morgan fingerprint density at radius 1 is 1.33 bits per heavy atom. The first-order valence-corrected chi connectivity index (χ1v) is 9.21. The Morgan fingerprint density at radius 3 is 2.79 bits per heavy atom. The van der Waals surface area contributed by atoms with Crippen LogP contribution in [0.1, 0.15) is 6.42 Å². The zero-order valence-electron chi connectivity index (χ0n) is 13.0. The zero-order valence-corrected chi connectivity index (χ0v) is 14.6. The lowest BCUT2D eigenvalue weighted by Gasteiger charge is -2.36. The Morgan fingerprint density at radius 2 is 2.12 bits per heavy atom. The minimum atomic E-state index is -1.48. The molecule has 0 bridgehead atoms. The molecule has 0 amide bonds. The lowest BCUT2D eigenvalue weighted by Crippen LogP contribution is -2.51. The molecule has 0 aromatic carbocycles. The first-order valence-electron chi connectivity index (χ1n) is 7.27. The van der Waals surface area contributed by atoms with Crippen LogP contribution in [0.15, 0.2) is 5.16 Å². The minimum Gasteiger partial charge on any atom is -0.474 e. The van der Waals surface area contributed by atoms with Crippen LogP contribution >= 0.6 is 11.6 Å². The molecule has 7 nitrogen and oxygen atoms in total. The summed E-state index contributed by atoms with van der Waals surface area (Å²) in [6.07, 6.45) is 2.17. The number of halogens is 2. The van der Waals surface area contributed by atoms with Crippen LogP contribution in [0, 0.1) is 5.82 Å². The summed E-state index contributed by atoms with van der Waals surface area (Å²) in [7, 11) is 0.358. The molecule has 128 valence electrons. The van der Waals surface area contributed by atoms with E-state index in [1.165, 1.54) is 6.26 Å². The summed E-state index contributed by atoms with van der Waals surface area (Å²) in [5.41, 5.74) is -0.486. The molecule has 1 saturated heterocycles. The molecule has 0 aliphatic carbocycles. The van der Waals surface area contributed by atoms with Crippen molar-refractivity contribution in [3.05, 3.63) is 11.0 Å². The van der Waals surface area contributed by atoms with Crippen molar-refractivity contribution < 1.29 is 18.1 Å². The smallest absolute Gasteiger partial charge is 0.228 e. The van der Waals surface area contributed by atoms with Gasteiger partial charge in [0.2, 0.25) is 11.0 Å². The van der Waals surface area contributed by atoms with Gasteiger partial charge in [0.05, 0.1) is 17.4 Å². The number of rotatable bonds is 1. The number of hydrogen-bond acceptors (Lipinski definition) is 7. The van der Waals surface area contributed by atoms with Crippen LogP contribution in [0.3, 0.4) is 0 Å². The van der Waals surface area contributed by atoms with E-state index in [9.17, 15) is 8.60 Å². The van der Waals surface area contributed by atoms with Gasteiger partial charge in [-0.25, -0.2) is 14.4 Å². The monoisotopic (exact) mass is 372 g/mol. The van der Waals surface area contributed by atoms with Crippen molar-refractivity contribution in [2.45, 2.75) is 17.1 Å². The molecule has 2 aliphatic rings. The van der Waals surface area contributed by atoms with Gasteiger partial charge in [0.15, 0.2) is 11.0 Å². The van der Waals surface area contributed by atoms with E-state index in [2.05, 4.69) is 15.0 Å². The Labute approximate surface area is 144 Å².